The second-order valence-corrected chi connectivity index (χ2v) is 8.74. The van der Waals surface area contributed by atoms with Crippen LogP contribution in [0.25, 0.3) is 10.8 Å². The number of nitrogens with one attached hydrogen (secondary N) is 1. The van der Waals surface area contributed by atoms with Crippen molar-refractivity contribution in [1.29, 1.82) is 0 Å². The van der Waals surface area contributed by atoms with Crippen LogP contribution in [0.15, 0.2) is 47.3 Å². The van der Waals surface area contributed by atoms with Gasteiger partial charge in [0.2, 0.25) is 11.8 Å². The van der Waals surface area contributed by atoms with E-state index >= 15 is 0 Å². The molecule has 1 saturated heterocycles. The average Bonchev–Trinajstić information content (AvgIpc) is 2.85. The third-order valence-electron chi connectivity index (χ3n) is 6.57. The van der Waals surface area contributed by atoms with Gasteiger partial charge in [-0.15, -0.1) is 5.10 Å². The number of amides is 2. The standard InChI is InChI=1S/C24H24FN5O4/c25-19-7-6-15(34-21-17-5-2-1-4-16(17)20(31)27-28-21)14-18(19)22(32)29-10-12-30(13-11-29)23(33)24(26)8-3-9-24/h1-2,4-7,14H,3,8-13,26H2,(H,27,31). The van der Waals surface area contributed by atoms with Gasteiger partial charge in [0.15, 0.2) is 0 Å². The summed E-state index contributed by atoms with van der Waals surface area (Å²) in [6, 6.07) is 10.7. The summed E-state index contributed by atoms with van der Waals surface area (Å²) in [7, 11) is 0. The molecule has 34 heavy (non-hydrogen) atoms. The van der Waals surface area contributed by atoms with Gasteiger partial charge >= 0.3 is 0 Å². The van der Waals surface area contributed by atoms with Crippen molar-refractivity contribution in [2.45, 2.75) is 24.8 Å². The van der Waals surface area contributed by atoms with Gasteiger partial charge in [0.05, 0.1) is 21.9 Å². The highest BCUT2D eigenvalue weighted by Gasteiger charge is 2.43. The van der Waals surface area contributed by atoms with Gasteiger partial charge in [-0.1, -0.05) is 12.1 Å². The number of nitrogens with zero attached hydrogens (tertiary/aromatic N) is 3. The highest BCUT2D eigenvalue weighted by atomic mass is 19.1. The van der Waals surface area contributed by atoms with Gasteiger partial charge in [-0.25, -0.2) is 9.49 Å². The molecule has 2 aliphatic rings. The average molecular weight is 465 g/mol. The zero-order chi connectivity index (χ0) is 23.9. The maximum Gasteiger partial charge on any atom is 0.272 e. The minimum absolute atomic E-state index is 0.0759. The van der Waals surface area contributed by atoms with Crippen LogP contribution >= 0.6 is 0 Å². The number of rotatable bonds is 4. The maximum atomic E-state index is 14.6. The minimum Gasteiger partial charge on any atom is -0.437 e. The first-order chi connectivity index (χ1) is 16.4. The molecule has 1 aliphatic heterocycles. The Hall–Kier alpha value is -3.79. The SMILES string of the molecule is NC1(C(=O)N2CCN(C(=O)c3cc(Oc4n[nH]c(=O)c5ccccc45)ccc3F)CC2)CCC1. The molecule has 0 bridgehead atoms. The van der Waals surface area contributed by atoms with E-state index in [1.807, 2.05) is 0 Å². The number of hydrogen-bond donors (Lipinski definition) is 2. The van der Waals surface area contributed by atoms with Gasteiger partial charge in [-0.3, -0.25) is 14.4 Å². The van der Waals surface area contributed by atoms with Gasteiger partial charge in [0, 0.05) is 26.2 Å². The third kappa shape index (κ3) is 3.90. The van der Waals surface area contributed by atoms with Gasteiger partial charge in [0.25, 0.3) is 11.5 Å². The zero-order valence-corrected chi connectivity index (χ0v) is 18.4. The molecule has 1 aliphatic carbocycles. The van der Waals surface area contributed by atoms with E-state index in [1.54, 1.807) is 29.2 Å². The molecule has 1 aromatic heterocycles. The van der Waals surface area contributed by atoms with Crippen LogP contribution in [-0.2, 0) is 4.79 Å². The van der Waals surface area contributed by atoms with Crippen LogP contribution in [0, 0.1) is 5.82 Å². The fourth-order valence-electron chi connectivity index (χ4n) is 4.38. The number of piperazine rings is 1. The number of fused-ring (bicyclic) bond motifs is 1. The molecule has 176 valence electrons. The van der Waals surface area contributed by atoms with Gasteiger partial charge < -0.3 is 20.3 Å². The van der Waals surface area contributed by atoms with Gasteiger partial charge in [0.1, 0.15) is 11.6 Å². The molecule has 0 radical (unpaired) electrons. The largest absolute Gasteiger partial charge is 0.437 e. The van der Waals surface area contributed by atoms with E-state index in [9.17, 15) is 18.8 Å². The number of aromatic amines is 1. The first-order valence-corrected chi connectivity index (χ1v) is 11.2. The molecule has 3 N–H and O–H groups in total. The van der Waals surface area contributed by atoms with Crippen molar-refractivity contribution in [2.75, 3.05) is 26.2 Å². The van der Waals surface area contributed by atoms with Crippen molar-refractivity contribution >= 4 is 22.6 Å². The Morgan fingerprint density at radius 1 is 1.03 bits per heavy atom. The molecular weight excluding hydrogens is 441 g/mol. The smallest absolute Gasteiger partial charge is 0.272 e. The summed E-state index contributed by atoms with van der Waals surface area (Å²) >= 11 is 0. The van der Waals surface area contributed by atoms with E-state index in [0.29, 0.717) is 36.7 Å². The Labute approximate surface area is 194 Å². The van der Waals surface area contributed by atoms with Crippen LogP contribution < -0.4 is 16.0 Å². The van der Waals surface area contributed by atoms with Crippen molar-refractivity contribution in [3.63, 3.8) is 0 Å². The van der Waals surface area contributed by atoms with E-state index in [-0.39, 0.29) is 41.7 Å². The minimum atomic E-state index is -0.774. The summed E-state index contributed by atoms with van der Waals surface area (Å²) in [4.78, 5) is 40.9. The summed E-state index contributed by atoms with van der Waals surface area (Å²) in [6.45, 7) is 1.29. The Kier molecular flexibility index (Phi) is 5.52. The number of carbonyl (C=O) groups is 2. The topological polar surface area (TPSA) is 122 Å². The number of hydrogen-bond acceptors (Lipinski definition) is 6. The van der Waals surface area contributed by atoms with E-state index in [1.165, 1.54) is 17.0 Å². The molecule has 0 spiro atoms. The first-order valence-electron chi connectivity index (χ1n) is 11.2. The molecule has 5 rings (SSSR count). The van der Waals surface area contributed by atoms with Crippen molar-refractivity contribution in [3.8, 4) is 11.6 Å². The number of halogens is 1. The fourth-order valence-corrected chi connectivity index (χ4v) is 4.38. The molecule has 0 atom stereocenters. The molecule has 2 amide bonds. The van der Waals surface area contributed by atoms with Crippen LogP contribution in [-0.4, -0.2) is 63.5 Å². The molecule has 2 aromatic carbocycles. The monoisotopic (exact) mass is 465 g/mol. The molecule has 3 aromatic rings. The van der Waals surface area contributed by atoms with Crippen molar-refractivity contribution in [2.24, 2.45) is 5.73 Å². The predicted octanol–water partition coefficient (Wildman–Crippen LogP) is 2.02. The fraction of sp³-hybridized carbons (Fsp3) is 0.333. The maximum absolute atomic E-state index is 14.6. The summed E-state index contributed by atoms with van der Waals surface area (Å²) in [5.74, 6) is -0.892. The molecular formula is C24H24FN5O4. The summed E-state index contributed by atoms with van der Waals surface area (Å²) in [5, 5.41) is 7.22. The Morgan fingerprint density at radius 3 is 2.38 bits per heavy atom. The number of aromatic nitrogens is 2. The van der Waals surface area contributed by atoms with Crippen molar-refractivity contribution in [1.82, 2.24) is 20.0 Å². The summed E-state index contributed by atoms with van der Waals surface area (Å²) in [6.07, 6.45) is 2.31. The molecule has 1 saturated carbocycles. The lowest BCUT2D eigenvalue weighted by molar-refractivity contribution is -0.141. The number of carbonyl (C=O) groups excluding carboxylic acids is 2. The summed E-state index contributed by atoms with van der Waals surface area (Å²) < 4.78 is 20.4. The van der Waals surface area contributed by atoms with Crippen LogP contribution in [0.2, 0.25) is 0 Å². The zero-order valence-electron chi connectivity index (χ0n) is 18.4. The van der Waals surface area contributed by atoms with Crippen molar-refractivity contribution in [3.05, 3.63) is 64.2 Å². The number of H-pyrrole nitrogens is 1. The lowest BCUT2D eigenvalue weighted by atomic mass is 9.76. The summed E-state index contributed by atoms with van der Waals surface area (Å²) in [5.41, 5.74) is 4.88. The van der Waals surface area contributed by atoms with E-state index < -0.39 is 17.3 Å². The second kappa shape index (κ2) is 8.53. The molecule has 2 heterocycles. The van der Waals surface area contributed by atoms with E-state index in [0.717, 1.165) is 12.5 Å². The predicted molar refractivity (Wildman–Crippen MR) is 122 cm³/mol. The van der Waals surface area contributed by atoms with Gasteiger partial charge in [-0.2, -0.15) is 0 Å². The van der Waals surface area contributed by atoms with Crippen LogP contribution in [0.5, 0.6) is 11.6 Å². The normalized spacial score (nSPS) is 17.4. The number of benzene rings is 2. The lowest BCUT2D eigenvalue weighted by Gasteiger charge is -2.43. The molecule has 10 heteroatoms. The second-order valence-electron chi connectivity index (χ2n) is 8.74. The van der Waals surface area contributed by atoms with Crippen molar-refractivity contribution < 1.29 is 18.7 Å². The number of ether oxygens (including phenoxy) is 1. The van der Waals surface area contributed by atoms with Crippen LogP contribution in [0.4, 0.5) is 4.39 Å². The Balaban J connectivity index is 1.32. The first kappa shape index (κ1) is 22.0. The highest BCUT2D eigenvalue weighted by molar-refractivity contribution is 5.95. The van der Waals surface area contributed by atoms with Gasteiger partial charge in [-0.05, 0) is 49.6 Å². The van der Waals surface area contributed by atoms with E-state index in [4.69, 9.17) is 10.5 Å². The Bertz CT molecular complexity index is 1330. The Morgan fingerprint density at radius 2 is 1.71 bits per heavy atom. The molecule has 2 fully saturated rings. The third-order valence-corrected chi connectivity index (χ3v) is 6.57. The molecule has 0 unspecified atom stereocenters. The quantitative estimate of drug-likeness (QED) is 0.608. The van der Waals surface area contributed by atoms with Crippen LogP contribution in [0.1, 0.15) is 29.6 Å². The highest BCUT2D eigenvalue weighted by Crippen LogP contribution is 2.31. The van der Waals surface area contributed by atoms with E-state index in [2.05, 4.69) is 10.2 Å². The number of nitrogens with two attached hydrogens (primary N) is 1. The van der Waals surface area contributed by atoms with Crippen LogP contribution in [0.3, 0.4) is 0 Å². The lowest BCUT2D eigenvalue weighted by Crippen LogP contribution is -2.62. The molecule has 9 nitrogen and oxygen atoms in total.